The number of nitrogens with two attached hydrogens (primary N) is 3. The Kier molecular flexibility index (Phi) is 15.3. The van der Waals surface area contributed by atoms with E-state index in [0.29, 0.717) is 35.0 Å². The van der Waals surface area contributed by atoms with Gasteiger partial charge in [0.25, 0.3) is 0 Å². The largest absolute Gasteiger partial charge is 0.397 e. The van der Waals surface area contributed by atoms with E-state index in [2.05, 4.69) is 36.0 Å². The van der Waals surface area contributed by atoms with Crippen molar-refractivity contribution in [1.29, 1.82) is 0 Å². The Bertz CT molecular complexity index is 2400. The van der Waals surface area contributed by atoms with Gasteiger partial charge in [-0.15, -0.1) is 0 Å². The third kappa shape index (κ3) is 11.4. The Morgan fingerprint density at radius 1 is 0.600 bits per heavy atom. The molecule has 4 aromatic heterocycles. The van der Waals surface area contributed by atoms with Gasteiger partial charge in [-0.1, -0.05) is 85.2 Å². The molecule has 8 rings (SSSR count). The fourth-order valence-corrected chi connectivity index (χ4v) is 7.51. The molecule has 0 atom stereocenters. The number of aryl methyl sites for hydroxylation is 6. The summed E-state index contributed by atoms with van der Waals surface area (Å²) in [5.41, 5.74) is 25.2. The second-order valence-electron chi connectivity index (χ2n) is 14.9. The Balaban J connectivity index is 0.000000194. The summed E-state index contributed by atoms with van der Waals surface area (Å²) in [6.45, 7) is 3.89. The van der Waals surface area contributed by atoms with Crippen LogP contribution in [0.3, 0.4) is 0 Å². The minimum Gasteiger partial charge on any atom is -0.397 e. The summed E-state index contributed by atoms with van der Waals surface area (Å²) in [5, 5.41) is 1.24. The fourth-order valence-electron chi connectivity index (χ4n) is 6.99. The number of nitrogen functional groups attached to an aromatic ring is 1. The van der Waals surface area contributed by atoms with Crippen molar-refractivity contribution in [3.8, 4) is 0 Å². The molecule has 2 fully saturated rings. The number of hydrogen-bond acceptors (Lipinski definition) is 9. The molecule has 0 unspecified atom stereocenters. The Labute approximate surface area is 366 Å². The van der Waals surface area contributed by atoms with Gasteiger partial charge in [0.1, 0.15) is 5.82 Å². The van der Waals surface area contributed by atoms with Crippen molar-refractivity contribution in [2.75, 3.05) is 5.73 Å². The van der Waals surface area contributed by atoms with Crippen LogP contribution in [0, 0.1) is 13.8 Å². The van der Waals surface area contributed by atoms with Gasteiger partial charge in [0.2, 0.25) is 17.1 Å². The molecule has 0 bridgehead atoms. The van der Waals surface area contributed by atoms with E-state index in [1.54, 1.807) is 12.4 Å². The van der Waals surface area contributed by atoms with E-state index in [0.717, 1.165) is 94.9 Å². The van der Waals surface area contributed by atoms with E-state index in [1.807, 2.05) is 86.8 Å². The van der Waals surface area contributed by atoms with Crippen molar-refractivity contribution in [2.24, 2.45) is 11.5 Å². The van der Waals surface area contributed by atoms with E-state index in [9.17, 15) is 9.59 Å². The molecule has 2 aromatic carbocycles. The Morgan fingerprint density at radius 3 is 1.53 bits per heavy atom. The monoisotopic (exact) mass is 865 g/mol. The van der Waals surface area contributed by atoms with E-state index in [4.69, 9.17) is 52.0 Å². The molecule has 4 heterocycles. The number of amides is 2. The molecular formula is C46H50Cl3N9O2. The minimum atomic E-state index is -0.490. The Hall–Kier alpha value is -5.49. The van der Waals surface area contributed by atoms with E-state index in [-0.39, 0.29) is 24.5 Å². The molecule has 0 saturated heterocycles. The Morgan fingerprint density at radius 2 is 1.08 bits per heavy atom. The summed E-state index contributed by atoms with van der Waals surface area (Å²) in [5.74, 6) is 0.237. The number of aromatic nitrogens is 6. The van der Waals surface area contributed by atoms with Crippen LogP contribution in [0.25, 0.3) is 0 Å². The number of benzene rings is 2. The van der Waals surface area contributed by atoms with Crippen molar-refractivity contribution >= 4 is 52.3 Å². The first kappa shape index (κ1) is 45.6. The van der Waals surface area contributed by atoms with Gasteiger partial charge in [0, 0.05) is 30.2 Å². The predicted molar refractivity (Wildman–Crippen MR) is 239 cm³/mol. The minimum absolute atomic E-state index is 0. The molecule has 6 aromatic rings. The molecule has 2 amide bonds. The number of hydrogen-bond donors (Lipinski definition) is 3. The smallest absolute Gasteiger partial charge is 0.228 e. The van der Waals surface area contributed by atoms with E-state index in [1.165, 1.54) is 6.20 Å². The molecule has 6 N–H and O–H groups in total. The van der Waals surface area contributed by atoms with Gasteiger partial charge in [0.05, 0.1) is 50.3 Å². The second kappa shape index (κ2) is 20.2. The summed E-state index contributed by atoms with van der Waals surface area (Å²) in [7, 11) is 0. The third-order valence-electron chi connectivity index (χ3n) is 10.7. The lowest BCUT2D eigenvalue weighted by molar-refractivity contribution is -0.121. The first-order valence-electron chi connectivity index (χ1n) is 19.3. The van der Waals surface area contributed by atoms with Gasteiger partial charge in [-0.2, -0.15) is 0 Å². The molecule has 2 aliphatic carbocycles. The normalized spacial score (nSPS) is 13.9. The summed E-state index contributed by atoms with van der Waals surface area (Å²) in [6, 6.07) is 23.7. The molecule has 2 aliphatic rings. The number of anilines is 1. The van der Waals surface area contributed by atoms with E-state index < -0.39 is 10.8 Å². The molecule has 0 aliphatic heterocycles. The van der Waals surface area contributed by atoms with Crippen LogP contribution >= 0.6 is 34.8 Å². The third-order valence-corrected chi connectivity index (χ3v) is 11.5. The van der Waals surface area contributed by atoms with Gasteiger partial charge >= 0.3 is 0 Å². The maximum absolute atomic E-state index is 12.0. The summed E-state index contributed by atoms with van der Waals surface area (Å²) in [6.07, 6.45) is 13.3. The van der Waals surface area contributed by atoms with Crippen molar-refractivity contribution in [2.45, 2.75) is 89.9 Å². The highest BCUT2D eigenvalue weighted by Gasteiger charge is 2.51. The van der Waals surface area contributed by atoms with Crippen LogP contribution in [0.15, 0.2) is 97.6 Å². The first-order chi connectivity index (χ1) is 28.3. The maximum Gasteiger partial charge on any atom is 0.228 e. The van der Waals surface area contributed by atoms with Gasteiger partial charge in [-0.3, -0.25) is 19.6 Å². The topological polar surface area (TPSA) is 190 Å². The number of pyridine rings is 2. The summed E-state index contributed by atoms with van der Waals surface area (Å²) < 4.78 is 0. The molecule has 2 saturated carbocycles. The lowest BCUT2D eigenvalue weighted by Gasteiger charge is -2.16. The van der Waals surface area contributed by atoms with Gasteiger partial charge in [-0.05, 0) is 123 Å². The van der Waals surface area contributed by atoms with Crippen LogP contribution < -0.4 is 17.2 Å². The van der Waals surface area contributed by atoms with Crippen LogP contribution in [0.2, 0.25) is 15.3 Å². The average molecular weight is 867 g/mol. The van der Waals surface area contributed by atoms with Crippen LogP contribution in [0.4, 0.5) is 5.69 Å². The van der Waals surface area contributed by atoms with Crippen molar-refractivity contribution in [3.63, 3.8) is 0 Å². The molecule has 11 nitrogen and oxygen atoms in total. The number of halogens is 3. The molecule has 0 radical (unpaired) electrons. The highest BCUT2D eigenvalue weighted by atomic mass is 35.5. The first-order valence-corrected chi connectivity index (χ1v) is 20.5. The molecule has 312 valence electrons. The van der Waals surface area contributed by atoms with Crippen molar-refractivity contribution in [1.82, 2.24) is 29.9 Å². The zero-order valence-electron chi connectivity index (χ0n) is 33.0. The summed E-state index contributed by atoms with van der Waals surface area (Å²) in [4.78, 5) is 49.1. The van der Waals surface area contributed by atoms with Crippen molar-refractivity contribution in [3.05, 3.63) is 169 Å². The van der Waals surface area contributed by atoms with Gasteiger partial charge in [-0.25, -0.2) is 19.9 Å². The lowest BCUT2D eigenvalue weighted by atomic mass is 9.88. The number of nitrogens with zero attached hydrogens (tertiary/aromatic N) is 6. The number of primary amides is 2. The molecule has 14 heteroatoms. The fraction of sp³-hybridized carbons (Fsp3) is 0.304. The molecule has 60 heavy (non-hydrogen) atoms. The van der Waals surface area contributed by atoms with Crippen LogP contribution in [-0.2, 0) is 52.5 Å². The SMILES string of the molecule is C.Cc1ccc(Cc2ncc(Cl)c(CCc3ccccc3C3(C(N)=O)CC3)n2)cn1.Cc1ccc(N)cn1.NC(=O)C1(c2ccccc2CCc2nc(Cl)ncc2Cl)CC1. The predicted octanol–water partition coefficient (Wildman–Crippen LogP) is 8.42. The zero-order chi connectivity index (χ0) is 42.2. The number of carbonyl (C=O) groups is 2. The van der Waals surface area contributed by atoms with Gasteiger partial charge < -0.3 is 17.2 Å². The highest BCUT2D eigenvalue weighted by Crippen LogP contribution is 2.50. The molecular weight excluding hydrogens is 817 g/mol. The quantitative estimate of drug-likeness (QED) is 0.101. The van der Waals surface area contributed by atoms with Crippen molar-refractivity contribution < 1.29 is 9.59 Å². The second-order valence-corrected chi connectivity index (χ2v) is 16.1. The highest BCUT2D eigenvalue weighted by molar-refractivity contribution is 6.32. The number of rotatable bonds is 12. The molecule has 0 spiro atoms. The van der Waals surface area contributed by atoms with Crippen LogP contribution in [-0.4, -0.2) is 41.7 Å². The number of carbonyl (C=O) groups excluding carboxylic acids is 2. The zero-order valence-corrected chi connectivity index (χ0v) is 35.2. The average Bonchev–Trinajstić information content (AvgIpc) is 4.17. The summed E-state index contributed by atoms with van der Waals surface area (Å²) >= 11 is 18.3. The van der Waals surface area contributed by atoms with E-state index >= 15 is 0 Å². The van der Waals surface area contributed by atoms with Crippen LogP contribution in [0.5, 0.6) is 0 Å². The van der Waals surface area contributed by atoms with Crippen LogP contribution in [0.1, 0.15) is 89.5 Å². The lowest BCUT2D eigenvalue weighted by Crippen LogP contribution is -2.29. The maximum atomic E-state index is 12.0. The van der Waals surface area contributed by atoms with Gasteiger partial charge in [0.15, 0.2) is 0 Å². The standard InChI is InChI=1S/C23H23ClN4O.C16H15Cl2N3O.C6H8N2.CH4/c1-15-6-7-16(13-26-15)12-21-27-14-19(24)20(28-21)9-8-17-4-2-3-5-18(17)23(10-11-23)22(25)29;17-12-9-20-15(18)21-13(12)6-5-10-3-1-2-4-11(10)16(7-8-16)14(19)22;1-5-2-3-6(7)4-8-5;/h2-7,13-14H,8-12H2,1H3,(H2,25,29);1-4,9H,5-8H2,(H2,19,22);2-4H,7H2,1H3;1H4.